The Morgan fingerprint density at radius 2 is 1.75 bits per heavy atom. The number of benzene rings is 2. The Labute approximate surface area is 140 Å². The van der Waals surface area contributed by atoms with Crippen LogP contribution in [0.15, 0.2) is 73.2 Å². The van der Waals surface area contributed by atoms with E-state index >= 15 is 0 Å². The van der Waals surface area contributed by atoms with Crippen molar-refractivity contribution in [1.29, 1.82) is 0 Å². The first-order chi connectivity index (χ1) is 11.8. The summed E-state index contributed by atoms with van der Waals surface area (Å²) in [6.07, 6.45) is 5.89. The second-order valence-electron chi connectivity index (χ2n) is 5.70. The van der Waals surface area contributed by atoms with Gasteiger partial charge in [0.25, 0.3) is 0 Å². The van der Waals surface area contributed by atoms with Crippen LogP contribution in [0.1, 0.15) is 11.3 Å². The zero-order valence-electron chi connectivity index (χ0n) is 13.4. The summed E-state index contributed by atoms with van der Waals surface area (Å²) in [4.78, 5) is 8.98. The number of hydrogen-bond donors (Lipinski definition) is 0. The molecule has 0 aliphatic heterocycles. The van der Waals surface area contributed by atoms with Crippen molar-refractivity contribution >= 4 is 5.78 Å². The predicted octanol–water partition coefficient (Wildman–Crippen LogP) is 4.28. The molecule has 2 aromatic heterocycles. The van der Waals surface area contributed by atoms with Crippen LogP contribution in [-0.2, 0) is 6.61 Å². The zero-order valence-corrected chi connectivity index (χ0v) is 13.4. The molecule has 0 unspecified atom stereocenters. The predicted molar refractivity (Wildman–Crippen MR) is 93.9 cm³/mol. The molecule has 0 N–H and O–H groups in total. The lowest BCUT2D eigenvalue weighted by Crippen LogP contribution is -1.94. The Morgan fingerprint density at radius 3 is 2.58 bits per heavy atom. The highest BCUT2D eigenvalue weighted by atomic mass is 16.5. The maximum Gasteiger partial charge on any atom is 0.234 e. The minimum atomic E-state index is 0.424. The van der Waals surface area contributed by atoms with E-state index in [-0.39, 0.29) is 0 Å². The normalized spacial score (nSPS) is 10.9. The molecule has 4 rings (SSSR count). The molecule has 0 amide bonds. The van der Waals surface area contributed by atoms with Gasteiger partial charge in [-0.15, -0.1) is 0 Å². The third kappa shape index (κ3) is 2.86. The Bertz CT molecular complexity index is 977. The smallest absolute Gasteiger partial charge is 0.234 e. The number of aromatic nitrogens is 3. The van der Waals surface area contributed by atoms with Crippen LogP contribution < -0.4 is 4.74 Å². The van der Waals surface area contributed by atoms with Gasteiger partial charge in [-0.05, 0) is 30.2 Å². The molecule has 0 bridgehead atoms. The van der Waals surface area contributed by atoms with Crippen molar-refractivity contribution in [3.8, 4) is 16.9 Å². The molecule has 4 aromatic rings. The fourth-order valence-corrected chi connectivity index (χ4v) is 2.71. The van der Waals surface area contributed by atoms with Crippen LogP contribution in [0.5, 0.6) is 5.75 Å². The number of fused-ring (bicyclic) bond motifs is 1. The molecule has 0 aliphatic rings. The van der Waals surface area contributed by atoms with Crippen LogP contribution in [0.25, 0.3) is 16.9 Å². The Balaban J connectivity index is 1.61. The molecule has 0 saturated heterocycles. The van der Waals surface area contributed by atoms with Gasteiger partial charge in [0, 0.05) is 24.2 Å². The Morgan fingerprint density at radius 1 is 0.958 bits per heavy atom. The largest absolute Gasteiger partial charge is 0.487 e. The molecule has 0 radical (unpaired) electrons. The van der Waals surface area contributed by atoms with Crippen LogP contribution in [0.3, 0.4) is 0 Å². The summed E-state index contributed by atoms with van der Waals surface area (Å²) >= 11 is 0. The first kappa shape index (κ1) is 14.5. The van der Waals surface area contributed by atoms with E-state index in [0.717, 1.165) is 17.0 Å². The highest BCUT2D eigenvalue weighted by Crippen LogP contribution is 2.22. The molecule has 4 heteroatoms. The lowest BCUT2D eigenvalue weighted by Gasteiger charge is -2.05. The lowest BCUT2D eigenvalue weighted by atomic mass is 10.0. The van der Waals surface area contributed by atoms with Crippen molar-refractivity contribution in [1.82, 2.24) is 14.4 Å². The molecule has 0 atom stereocenters. The van der Waals surface area contributed by atoms with Gasteiger partial charge in [-0.25, -0.2) is 9.97 Å². The standard InChI is InChI=1S/C20H17N3O/c1-15-7-5-6-10-19(15)16-11-21-20-22-17(13-23(20)12-16)14-24-18-8-3-2-4-9-18/h2-13H,14H2,1H3. The average Bonchev–Trinajstić information content (AvgIpc) is 3.03. The van der Waals surface area contributed by atoms with E-state index in [0.29, 0.717) is 12.4 Å². The summed E-state index contributed by atoms with van der Waals surface area (Å²) in [5, 5.41) is 0. The molecule has 2 heterocycles. The summed E-state index contributed by atoms with van der Waals surface area (Å²) in [6.45, 7) is 2.53. The number of hydrogen-bond acceptors (Lipinski definition) is 3. The van der Waals surface area contributed by atoms with E-state index in [2.05, 4.69) is 35.2 Å². The molecule has 2 aromatic carbocycles. The monoisotopic (exact) mass is 315 g/mol. The van der Waals surface area contributed by atoms with E-state index in [9.17, 15) is 0 Å². The van der Waals surface area contributed by atoms with Crippen LogP contribution in [0, 0.1) is 6.92 Å². The summed E-state index contributed by atoms with van der Waals surface area (Å²) in [5.41, 5.74) is 4.34. The van der Waals surface area contributed by atoms with E-state index in [4.69, 9.17) is 4.74 Å². The second-order valence-corrected chi connectivity index (χ2v) is 5.70. The number of ether oxygens (including phenoxy) is 1. The van der Waals surface area contributed by atoms with Gasteiger partial charge in [-0.3, -0.25) is 4.40 Å². The molecule has 4 nitrogen and oxygen atoms in total. The molecular formula is C20H17N3O. The molecule has 0 aliphatic carbocycles. The average molecular weight is 315 g/mol. The zero-order chi connectivity index (χ0) is 16.4. The first-order valence-corrected chi connectivity index (χ1v) is 7.87. The quantitative estimate of drug-likeness (QED) is 0.564. The maximum absolute atomic E-state index is 5.75. The first-order valence-electron chi connectivity index (χ1n) is 7.87. The highest BCUT2D eigenvalue weighted by molar-refractivity contribution is 5.66. The van der Waals surface area contributed by atoms with E-state index in [1.54, 1.807) is 0 Å². The van der Waals surface area contributed by atoms with Crippen molar-refractivity contribution in [2.24, 2.45) is 0 Å². The fraction of sp³-hybridized carbons (Fsp3) is 0.100. The summed E-state index contributed by atoms with van der Waals surface area (Å²) in [5.74, 6) is 1.52. The topological polar surface area (TPSA) is 39.4 Å². The van der Waals surface area contributed by atoms with Gasteiger partial charge in [0.2, 0.25) is 5.78 Å². The molecular weight excluding hydrogens is 298 g/mol. The van der Waals surface area contributed by atoms with E-state index in [1.165, 1.54) is 11.1 Å². The molecule has 0 fully saturated rings. The number of imidazole rings is 1. The summed E-state index contributed by atoms with van der Waals surface area (Å²) in [6, 6.07) is 18.0. The van der Waals surface area contributed by atoms with Gasteiger partial charge in [-0.1, -0.05) is 42.5 Å². The van der Waals surface area contributed by atoms with Crippen molar-refractivity contribution in [3.63, 3.8) is 0 Å². The third-order valence-electron chi connectivity index (χ3n) is 3.95. The molecule has 0 saturated carbocycles. The highest BCUT2D eigenvalue weighted by Gasteiger charge is 2.07. The maximum atomic E-state index is 5.75. The van der Waals surface area contributed by atoms with Crippen molar-refractivity contribution in [3.05, 3.63) is 84.4 Å². The minimum absolute atomic E-state index is 0.424. The van der Waals surface area contributed by atoms with Gasteiger partial charge >= 0.3 is 0 Å². The second kappa shape index (κ2) is 6.16. The number of rotatable bonds is 4. The summed E-state index contributed by atoms with van der Waals surface area (Å²) in [7, 11) is 0. The third-order valence-corrected chi connectivity index (χ3v) is 3.95. The van der Waals surface area contributed by atoms with Gasteiger partial charge in [0.1, 0.15) is 12.4 Å². The Kier molecular flexibility index (Phi) is 3.71. The van der Waals surface area contributed by atoms with Gasteiger partial charge in [-0.2, -0.15) is 0 Å². The van der Waals surface area contributed by atoms with Gasteiger partial charge in [0.15, 0.2) is 0 Å². The molecule has 118 valence electrons. The van der Waals surface area contributed by atoms with Crippen LogP contribution >= 0.6 is 0 Å². The molecule has 24 heavy (non-hydrogen) atoms. The molecule has 0 spiro atoms. The van der Waals surface area contributed by atoms with Gasteiger partial charge < -0.3 is 4.74 Å². The van der Waals surface area contributed by atoms with Crippen LogP contribution in [0.4, 0.5) is 0 Å². The van der Waals surface area contributed by atoms with Crippen molar-refractivity contribution < 1.29 is 4.74 Å². The van der Waals surface area contributed by atoms with Crippen molar-refractivity contribution in [2.75, 3.05) is 0 Å². The lowest BCUT2D eigenvalue weighted by molar-refractivity contribution is 0.302. The SMILES string of the molecule is Cc1ccccc1-c1cnc2nc(COc3ccccc3)cn2c1. The number of para-hydroxylation sites is 1. The number of aryl methyl sites for hydroxylation is 1. The van der Waals surface area contributed by atoms with E-state index in [1.807, 2.05) is 59.3 Å². The van der Waals surface area contributed by atoms with Gasteiger partial charge in [0.05, 0.1) is 5.69 Å². The van der Waals surface area contributed by atoms with Crippen LogP contribution in [0.2, 0.25) is 0 Å². The van der Waals surface area contributed by atoms with Crippen LogP contribution in [-0.4, -0.2) is 14.4 Å². The van der Waals surface area contributed by atoms with E-state index < -0.39 is 0 Å². The fourth-order valence-electron chi connectivity index (χ4n) is 2.71. The summed E-state index contributed by atoms with van der Waals surface area (Å²) < 4.78 is 7.70. The number of nitrogens with zero attached hydrogens (tertiary/aromatic N) is 3. The Hall–Kier alpha value is -3.14. The van der Waals surface area contributed by atoms with Crippen molar-refractivity contribution in [2.45, 2.75) is 13.5 Å². The minimum Gasteiger partial charge on any atom is -0.487 e.